The number of hydrogen-bond donors (Lipinski definition) is 4. The molecule has 7 nitrogen and oxygen atoms in total. The van der Waals surface area contributed by atoms with Crippen molar-refractivity contribution in [2.45, 2.75) is 93.1 Å². The molecule has 190 valence electrons. The molecule has 4 bridgehead atoms. The first-order chi connectivity index (χ1) is 16.8. The van der Waals surface area contributed by atoms with Crippen molar-refractivity contribution in [3.05, 3.63) is 17.3 Å². The van der Waals surface area contributed by atoms with Crippen molar-refractivity contribution in [1.29, 1.82) is 0 Å². The number of anilines is 1. The van der Waals surface area contributed by atoms with Crippen molar-refractivity contribution in [1.82, 2.24) is 10.3 Å². The molecular formula is C27H37N3O4S. The second-order valence-corrected chi connectivity index (χ2v) is 12.6. The Bertz CT molecular complexity index is 1010. The van der Waals surface area contributed by atoms with Gasteiger partial charge in [-0.1, -0.05) is 12.8 Å². The molecule has 1 aromatic rings. The van der Waals surface area contributed by atoms with E-state index in [-0.39, 0.29) is 30.2 Å². The molecule has 0 radical (unpaired) electrons. The van der Waals surface area contributed by atoms with Gasteiger partial charge in [-0.05, 0) is 81.1 Å². The molecule has 2 heterocycles. The highest BCUT2D eigenvalue weighted by molar-refractivity contribution is 7.80. The van der Waals surface area contributed by atoms with E-state index in [2.05, 4.69) is 10.2 Å². The third kappa shape index (κ3) is 4.45. The first-order valence-corrected chi connectivity index (χ1v) is 14.0. The van der Waals surface area contributed by atoms with Gasteiger partial charge in [-0.15, -0.1) is 12.6 Å². The maximum atomic E-state index is 13.7. The summed E-state index contributed by atoms with van der Waals surface area (Å²) in [5, 5.41) is 23.5. The van der Waals surface area contributed by atoms with E-state index >= 15 is 0 Å². The van der Waals surface area contributed by atoms with Crippen LogP contribution < -0.4 is 10.2 Å². The van der Waals surface area contributed by atoms with Gasteiger partial charge in [0.1, 0.15) is 5.82 Å². The van der Waals surface area contributed by atoms with Gasteiger partial charge in [0.05, 0.1) is 16.9 Å². The zero-order valence-corrected chi connectivity index (χ0v) is 21.2. The second kappa shape index (κ2) is 8.94. The Kier molecular flexibility index (Phi) is 6.03. The molecule has 0 spiro atoms. The lowest BCUT2D eigenvalue weighted by Gasteiger charge is -2.58. The molecule has 7 rings (SSSR count). The van der Waals surface area contributed by atoms with Crippen LogP contribution in [0.3, 0.4) is 0 Å². The largest absolute Gasteiger partial charge is 0.481 e. The fourth-order valence-electron chi connectivity index (χ4n) is 8.32. The minimum absolute atomic E-state index is 0.0455. The zero-order valence-electron chi connectivity index (χ0n) is 20.3. The van der Waals surface area contributed by atoms with Crippen LogP contribution in [0.2, 0.25) is 0 Å². The summed E-state index contributed by atoms with van der Waals surface area (Å²) < 4.78 is 0. The van der Waals surface area contributed by atoms with E-state index < -0.39 is 11.6 Å². The van der Waals surface area contributed by atoms with Gasteiger partial charge in [-0.3, -0.25) is 9.59 Å². The van der Waals surface area contributed by atoms with E-state index in [1.54, 1.807) is 0 Å². The summed E-state index contributed by atoms with van der Waals surface area (Å²) >= 11 is 4.75. The third-order valence-electron chi connectivity index (χ3n) is 9.59. The van der Waals surface area contributed by atoms with Gasteiger partial charge in [0.25, 0.3) is 5.91 Å². The fraction of sp³-hybridized carbons (Fsp3) is 0.741. The van der Waals surface area contributed by atoms with E-state index in [9.17, 15) is 19.8 Å². The number of carboxylic acid groups (broad SMARTS) is 1. The van der Waals surface area contributed by atoms with Crippen LogP contribution in [0.5, 0.6) is 0 Å². The smallest absolute Gasteiger partial charge is 0.303 e. The van der Waals surface area contributed by atoms with Crippen LogP contribution in [0.4, 0.5) is 5.82 Å². The molecule has 3 N–H and O–H groups in total. The number of nitrogens with zero attached hydrogens (tertiary/aromatic N) is 2. The van der Waals surface area contributed by atoms with Gasteiger partial charge < -0.3 is 20.4 Å². The summed E-state index contributed by atoms with van der Waals surface area (Å²) in [6.07, 6.45) is 10.2. The number of thiol groups is 1. The average molecular weight is 500 g/mol. The standard InChI is InChI=1S/C27H37N3O4S/c31-22(32)9-15-5-6-30(14-15)25-21(35)10-20(24(28-25)17-3-1-2-4-17)26(33)29-23-18-7-16-8-19(23)13-27(34,11-16)12-18/h10,15-19,23,34-35H,1-9,11-14H2,(H,29,33)(H,31,32)/t15-,16?,18?,19?,23?,27?/m0/s1. The normalized spacial score (nSPS) is 36.2. The zero-order chi connectivity index (χ0) is 24.3. The molecule has 6 fully saturated rings. The van der Waals surface area contributed by atoms with Gasteiger partial charge in [-0.25, -0.2) is 4.98 Å². The molecule has 1 aliphatic heterocycles. The number of aliphatic hydroxyl groups is 1. The topological polar surface area (TPSA) is 103 Å². The number of carbonyl (C=O) groups is 2. The quantitative estimate of drug-likeness (QED) is 0.441. The van der Waals surface area contributed by atoms with Gasteiger partial charge in [0, 0.05) is 36.4 Å². The third-order valence-corrected chi connectivity index (χ3v) is 9.92. The molecule has 6 aliphatic rings. The van der Waals surface area contributed by atoms with Crippen LogP contribution in [0.1, 0.15) is 92.6 Å². The Balaban J connectivity index is 1.25. The lowest BCUT2D eigenvalue weighted by Crippen LogP contribution is -2.61. The summed E-state index contributed by atoms with van der Waals surface area (Å²) in [6.45, 7) is 1.43. The highest BCUT2D eigenvalue weighted by atomic mass is 32.1. The molecule has 1 amide bonds. The number of amides is 1. The lowest BCUT2D eigenvalue weighted by molar-refractivity contribution is -0.138. The number of carbonyl (C=O) groups excluding carboxylic acids is 1. The number of rotatable bonds is 6. The van der Waals surface area contributed by atoms with Crippen molar-refractivity contribution >= 4 is 30.3 Å². The predicted molar refractivity (Wildman–Crippen MR) is 135 cm³/mol. The number of nitrogens with one attached hydrogen (secondary N) is 1. The van der Waals surface area contributed by atoms with E-state index in [1.165, 1.54) is 0 Å². The predicted octanol–water partition coefficient (Wildman–Crippen LogP) is 4.00. The SMILES string of the molecule is O=C(O)C[C@@H]1CCN(c2nc(C3CCCC3)c(C(=O)NC3C4CC5CC3CC(O)(C5)C4)cc2S)C1. The van der Waals surface area contributed by atoms with Gasteiger partial charge in [0.2, 0.25) is 0 Å². The minimum Gasteiger partial charge on any atom is -0.481 e. The van der Waals surface area contributed by atoms with Crippen LogP contribution in [0.25, 0.3) is 0 Å². The van der Waals surface area contributed by atoms with E-state index in [0.717, 1.165) is 82.3 Å². The number of aromatic nitrogens is 1. The molecule has 8 heteroatoms. The fourth-order valence-corrected chi connectivity index (χ4v) is 8.64. The monoisotopic (exact) mass is 499 g/mol. The first kappa shape index (κ1) is 23.6. The average Bonchev–Trinajstić information content (AvgIpc) is 3.47. The molecule has 3 atom stereocenters. The first-order valence-electron chi connectivity index (χ1n) is 13.5. The second-order valence-electron chi connectivity index (χ2n) is 12.1. The van der Waals surface area contributed by atoms with Crippen LogP contribution in [0, 0.1) is 23.7 Å². The highest BCUT2D eigenvalue weighted by Crippen LogP contribution is 2.55. The van der Waals surface area contributed by atoms with Crippen LogP contribution in [0.15, 0.2) is 11.0 Å². The Labute approximate surface area is 212 Å². The minimum atomic E-state index is -0.758. The van der Waals surface area contributed by atoms with Crippen molar-refractivity contribution in [2.24, 2.45) is 23.7 Å². The summed E-state index contributed by atoms with van der Waals surface area (Å²) in [6, 6.07) is 2.04. The molecule has 1 aromatic heterocycles. The number of carboxylic acids is 1. The Hall–Kier alpha value is -1.80. The number of aliphatic carboxylic acids is 1. The molecule has 5 aliphatic carbocycles. The summed E-state index contributed by atoms with van der Waals surface area (Å²) in [4.78, 5) is 32.8. The summed E-state index contributed by atoms with van der Waals surface area (Å²) in [5.74, 6) is 1.72. The van der Waals surface area contributed by atoms with Crippen LogP contribution in [-0.4, -0.2) is 51.8 Å². The van der Waals surface area contributed by atoms with E-state index in [0.29, 0.717) is 34.8 Å². The van der Waals surface area contributed by atoms with Crippen molar-refractivity contribution in [2.75, 3.05) is 18.0 Å². The van der Waals surface area contributed by atoms with Gasteiger partial charge in [0.15, 0.2) is 0 Å². The van der Waals surface area contributed by atoms with Gasteiger partial charge in [-0.2, -0.15) is 0 Å². The number of hydrogen-bond acceptors (Lipinski definition) is 6. The van der Waals surface area contributed by atoms with Crippen molar-refractivity contribution in [3.63, 3.8) is 0 Å². The Morgan fingerprint density at radius 3 is 2.51 bits per heavy atom. The highest BCUT2D eigenvalue weighted by Gasteiger charge is 2.55. The maximum Gasteiger partial charge on any atom is 0.303 e. The van der Waals surface area contributed by atoms with E-state index in [1.807, 2.05) is 6.07 Å². The Morgan fingerprint density at radius 1 is 1.14 bits per heavy atom. The molecule has 0 aromatic carbocycles. The Morgan fingerprint density at radius 2 is 1.86 bits per heavy atom. The van der Waals surface area contributed by atoms with Crippen molar-refractivity contribution in [3.8, 4) is 0 Å². The molecule has 5 saturated carbocycles. The van der Waals surface area contributed by atoms with Crippen LogP contribution >= 0.6 is 12.6 Å². The molecule has 1 saturated heterocycles. The summed E-state index contributed by atoms with van der Waals surface area (Å²) in [5.41, 5.74) is 1.03. The van der Waals surface area contributed by atoms with E-state index in [4.69, 9.17) is 17.6 Å². The molecule has 35 heavy (non-hydrogen) atoms. The summed E-state index contributed by atoms with van der Waals surface area (Å²) in [7, 11) is 0. The lowest BCUT2D eigenvalue weighted by atomic mass is 9.52. The van der Waals surface area contributed by atoms with Gasteiger partial charge >= 0.3 is 5.97 Å². The van der Waals surface area contributed by atoms with Crippen LogP contribution in [-0.2, 0) is 4.79 Å². The number of pyridine rings is 1. The maximum absolute atomic E-state index is 13.7. The molecule has 2 unspecified atom stereocenters. The van der Waals surface area contributed by atoms with Crippen molar-refractivity contribution < 1.29 is 19.8 Å². The molecular weight excluding hydrogens is 462 g/mol.